The van der Waals surface area contributed by atoms with Crippen molar-refractivity contribution < 1.29 is 14.7 Å². The molecule has 19 heavy (non-hydrogen) atoms. The van der Waals surface area contributed by atoms with Crippen LogP contribution in [-0.2, 0) is 11.3 Å². The van der Waals surface area contributed by atoms with E-state index in [1.54, 1.807) is 13.1 Å². The van der Waals surface area contributed by atoms with Crippen LogP contribution in [0.1, 0.15) is 12.0 Å². The quantitative estimate of drug-likeness (QED) is 0.859. The van der Waals surface area contributed by atoms with Crippen LogP contribution >= 0.6 is 27.5 Å². The van der Waals surface area contributed by atoms with Crippen LogP contribution < -0.4 is 5.32 Å². The van der Waals surface area contributed by atoms with Crippen molar-refractivity contribution in [3.8, 4) is 0 Å². The van der Waals surface area contributed by atoms with Gasteiger partial charge in [-0.3, -0.25) is 4.79 Å². The van der Waals surface area contributed by atoms with E-state index < -0.39 is 5.97 Å². The van der Waals surface area contributed by atoms with Crippen molar-refractivity contribution in [3.63, 3.8) is 0 Å². The van der Waals surface area contributed by atoms with Gasteiger partial charge in [-0.15, -0.1) is 0 Å². The van der Waals surface area contributed by atoms with Crippen molar-refractivity contribution in [3.05, 3.63) is 33.3 Å². The Bertz CT molecular complexity index is 482. The van der Waals surface area contributed by atoms with Crippen molar-refractivity contribution in [1.82, 2.24) is 10.2 Å². The van der Waals surface area contributed by atoms with Gasteiger partial charge in [0.1, 0.15) is 0 Å². The zero-order valence-corrected chi connectivity index (χ0v) is 12.7. The smallest absolute Gasteiger partial charge is 0.317 e. The minimum absolute atomic E-state index is 0.0804. The van der Waals surface area contributed by atoms with E-state index in [0.29, 0.717) is 11.6 Å². The van der Waals surface area contributed by atoms with E-state index in [9.17, 15) is 9.59 Å². The van der Waals surface area contributed by atoms with Crippen LogP contribution in [0.3, 0.4) is 0 Å². The highest BCUT2D eigenvalue weighted by atomic mass is 79.9. The lowest BCUT2D eigenvalue weighted by Crippen LogP contribution is -2.38. The fourth-order valence-corrected chi connectivity index (χ4v) is 2.08. The fraction of sp³-hybridized carbons (Fsp3) is 0.333. The normalized spacial score (nSPS) is 10.1. The van der Waals surface area contributed by atoms with Crippen molar-refractivity contribution in [2.45, 2.75) is 13.0 Å². The summed E-state index contributed by atoms with van der Waals surface area (Å²) in [4.78, 5) is 23.4. The lowest BCUT2D eigenvalue weighted by Gasteiger charge is -2.17. The number of carbonyl (C=O) groups excluding carboxylic acids is 1. The molecule has 0 aliphatic rings. The molecule has 0 aromatic heterocycles. The lowest BCUT2D eigenvalue weighted by molar-refractivity contribution is -0.137. The molecule has 0 saturated carbocycles. The number of rotatable bonds is 5. The van der Waals surface area contributed by atoms with Gasteiger partial charge < -0.3 is 15.3 Å². The van der Waals surface area contributed by atoms with Crippen LogP contribution in [0.4, 0.5) is 4.79 Å². The second-order valence-corrected chi connectivity index (χ2v) is 5.28. The SMILES string of the molecule is CN(CCC(=O)O)C(=O)NCc1ccc(Br)cc1Cl. The Hall–Kier alpha value is -1.27. The molecule has 2 amide bonds. The third kappa shape index (κ3) is 5.48. The molecule has 1 rings (SSSR count). The zero-order chi connectivity index (χ0) is 14.4. The minimum Gasteiger partial charge on any atom is -0.481 e. The Morgan fingerprint density at radius 1 is 1.47 bits per heavy atom. The average Bonchev–Trinajstić information content (AvgIpc) is 2.34. The molecule has 0 aliphatic carbocycles. The summed E-state index contributed by atoms with van der Waals surface area (Å²) in [5.41, 5.74) is 0.796. The number of benzene rings is 1. The highest BCUT2D eigenvalue weighted by Crippen LogP contribution is 2.21. The van der Waals surface area contributed by atoms with E-state index in [-0.39, 0.29) is 19.0 Å². The first kappa shape index (κ1) is 15.8. The first-order valence-electron chi connectivity index (χ1n) is 5.55. The molecule has 0 saturated heterocycles. The number of urea groups is 1. The monoisotopic (exact) mass is 348 g/mol. The number of carbonyl (C=O) groups is 2. The van der Waals surface area contributed by atoms with Crippen LogP contribution in [0.5, 0.6) is 0 Å². The molecule has 104 valence electrons. The summed E-state index contributed by atoms with van der Waals surface area (Å²) in [6.07, 6.45) is -0.0804. The second kappa shape index (κ2) is 7.35. The number of hydrogen-bond acceptors (Lipinski definition) is 2. The molecule has 1 aromatic rings. The Balaban J connectivity index is 2.47. The van der Waals surface area contributed by atoms with Gasteiger partial charge in [-0.05, 0) is 17.7 Å². The van der Waals surface area contributed by atoms with Gasteiger partial charge in [0.25, 0.3) is 0 Å². The van der Waals surface area contributed by atoms with Crippen LogP contribution in [0.25, 0.3) is 0 Å². The molecule has 0 fully saturated rings. The average molecular weight is 350 g/mol. The Morgan fingerprint density at radius 3 is 2.74 bits per heavy atom. The Labute approximate surface area is 124 Å². The summed E-state index contributed by atoms with van der Waals surface area (Å²) in [5, 5.41) is 11.8. The first-order valence-corrected chi connectivity index (χ1v) is 6.72. The number of nitrogens with one attached hydrogen (secondary N) is 1. The van der Waals surface area contributed by atoms with Crippen molar-refractivity contribution in [2.24, 2.45) is 0 Å². The summed E-state index contributed by atoms with van der Waals surface area (Å²) < 4.78 is 0.867. The van der Waals surface area contributed by atoms with Gasteiger partial charge in [-0.2, -0.15) is 0 Å². The predicted molar refractivity (Wildman–Crippen MR) is 76.3 cm³/mol. The molecule has 0 radical (unpaired) electrons. The highest BCUT2D eigenvalue weighted by molar-refractivity contribution is 9.10. The molecule has 0 spiro atoms. The van der Waals surface area contributed by atoms with E-state index in [4.69, 9.17) is 16.7 Å². The van der Waals surface area contributed by atoms with Crippen molar-refractivity contribution in [1.29, 1.82) is 0 Å². The fourth-order valence-electron chi connectivity index (χ4n) is 1.34. The first-order chi connectivity index (χ1) is 8.90. The standard InChI is InChI=1S/C12H14BrClN2O3/c1-16(5-4-11(17)18)12(19)15-7-8-2-3-9(13)6-10(8)14/h2-3,6H,4-5,7H2,1H3,(H,15,19)(H,17,18). The lowest BCUT2D eigenvalue weighted by atomic mass is 10.2. The number of halogens is 2. The van der Waals surface area contributed by atoms with E-state index in [1.165, 1.54) is 4.90 Å². The second-order valence-electron chi connectivity index (χ2n) is 3.96. The molecule has 5 nitrogen and oxygen atoms in total. The van der Waals surface area contributed by atoms with Gasteiger partial charge in [0, 0.05) is 29.6 Å². The molecule has 0 aliphatic heterocycles. The van der Waals surface area contributed by atoms with Crippen LogP contribution in [0.2, 0.25) is 5.02 Å². The summed E-state index contributed by atoms with van der Waals surface area (Å²) in [6, 6.07) is 5.06. The largest absolute Gasteiger partial charge is 0.481 e. The summed E-state index contributed by atoms with van der Waals surface area (Å²) in [5.74, 6) is -0.935. The molecule has 7 heteroatoms. The number of hydrogen-bond donors (Lipinski definition) is 2. The van der Waals surface area contributed by atoms with Crippen LogP contribution in [-0.4, -0.2) is 35.6 Å². The molecule has 0 unspecified atom stereocenters. The maximum atomic E-state index is 11.7. The highest BCUT2D eigenvalue weighted by Gasteiger charge is 2.10. The van der Waals surface area contributed by atoms with Gasteiger partial charge in [-0.25, -0.2) is 4.79 Å². The van der Waals surface area contributed by atoms with E-state index >= 15 is 0 Å². The molecular formula is C12H14BrClN2O3. The van der Waals surface area contributed by atoms with E-state index in [0.717, 1.165) is 10.0 Å². The summed E-state index contributed by atoms with van der Waals surface area (Å²) in [6.45, 7) is 0.456. The maximum Gasteiger partial charge on any atom is 0.317 e. The van der Waals surface area contributed by atoms with Crippen LogP contribution in [0, 0.1) is 0 Å². The molecule has 1 aromatic carbocycles. The third-order valence-corrected chi connectivity index (χ3v) is 3.30. The van der Waals surface area contributed by atoms with Crippen LogP contribution in [0.15, 0.2) is 22.7 Å². The number of carboxylic acids is 1. The number of carboxylic acid groups (broad SMARTS) is 1. The third-order valence-electron chi connectivity index (χ3n) is 2.45. The summed E-state index contributed by atoms with van der Waals surface area (Å²) in [7, 11) is 1.54. The van der Waals surface area contributed by atoms with Gasteiger partial charge >= 0.3 is 12.0 Å². The van der Waals surface area contributed by atoms with Gasteiger partial charge in [0.2, 0.25) is 0 Å². The Morgan fingerprint density at radius 2 is 2.16 bits per heavy atom. The van der Waals surface area contributed by atoms with Gasteiger partial charge in [0.15, 0.2) is 0 Å². The van der Waals surface area contributed by atoms with Crippen molar-refractivity contribution >= 4 is 39.5 Å². The minimum atomic E-state index is -0.935. The zero-order valence-electron chi connectivity index (χ0n) is 10.3. The predicted octanol–water partition coefficient (Wildman–Crippen LogP) is 2.72. The van der Waals surface area contributed by atoms with E-state index in [1.807, 2.05) is 12.1 Å². The summed E-state index contributed by atoms with van der Waals surface area (Å²) >= 11 is 9.32. The molecule has 2 N–H and O–H groups in total. The number of aliphatic carboxylic acids is 1. The molecular weight excluding hydrogens is 336 g/mol. The molecule has 0 atom stereocenters. The number of nitrogens with zero attached hydrogens (tertiary/aromatic N) is 1. The maximum absolute atomic E-state index is 11.7. The van der Waals surface area contributed by atoms with E-state index in [2.05, 4.69) is 21.2 Å². The van der Waals surface area contributed by atoms with Gasteiger partial charge in [0.05, 0.1) is 6.42 Å². The molecule has 0 bridgehead atoms. The Kier molecular flexibility index (Phi) is 6.11. The molecule has 0 heterocycles. The topological polar surface area (TPSA) is 69.6 Å². The van der Waals surface area contributed by atoms with Crippen molar-refractivity contribution in [2.75, 3.05) is 13.6 Å². The number of amides is 2. The van der Waals surface area contributed by atoms with Gasteiger partial charge in [-0.1, -0.05) is 33.6 Å².